The van der Waals surface area contributed by atoms with Gasteiger partial charge in [-0.15, -0.1) is 0 Å². The Morgan fingerprint density at radius 2 is 1.33 bits per heavy atom. The van der Waals surface area contributed by atoms with Crippen molar-refractivity contribution >= 4 is 17.5 Å². The van der Waals surface area contributed by atoms with Crippen molar-refractivity contribution in [2.24, 2.45) is 0 Å². The van der Waals surface area contributed by atoms with Crippen LogP contribution < -0.4 is 4.74 Å². The third-order valence-corrected chi connectivity index (χ3v) is 8.47. The number of amides is 1. The number of benzene rings is 4. The highest BCUT2D eigenvalue weighted by Gasteiger charge is 2.30. The Hall–Kier alpha value is -4.32. The zero-order valence-corrected chi connectivity index (χ0v) is 24.7. The Labute approximate surface area is 252 Å². The second-order valence-corrected chi connectivity index (χ2v) is 11.0. The van der Waals surface area contributed by atoms with Crippen LogP contribution in [-0.2, 0) is 0 Å². The molecule has 0 bridgehead atoms. The smallest absolute Gasteiger partial charge is 0.255 e. The molecule has 0 spiro atoms. The predicted octanol–water partition coefficient (Wildman–Crippen LogP) is 7.66. The first-order valence-electron chi connectivity index (χ1n) is 14.3. The molecular weight excluding hydrogens is 542 g/mol. The second-order valence-electron chi connectivity index (χ2n) is 10.6. The molecule has 5 aromatic rings. The molecule has 0 saturated carbocycles. The summed E-state index contributed by atoms with van der Waals surface area (Å²) < 4.78 is 7.47. The van der Waals surface area contributed by atoms with Crippen LogP contribution in [0.25, 0.3) is 16.9 Å². The number of rotatable bonds is 7. The molecule has 6 rings (SSSR count). The van der Waals surface area contributed by atoms with Crippen LogP contribution in [-0.4, -0.2) is 53.6 Å². The fourth-order valence-corrected chi connectivity index (χ4v) is 6.20. The van der Waals surface area contributed by atoms with Crippen LogP contribution in [0.5, 0.6) is 5.75 Å². The van der Waals surface area contributed by atoms with Gasteiger partial charge in [-0.2, -0.15) is 0 Å². The van der Waals surface area contributed by atoms with E-state index in [1.807, 2.05) is 66.4 Å². The molecule has 42 heavy (non-hydrogen) atoms. The van der Waals surface area contributed by atoms with Gasteiger partial charge in [-0.25, -0.2) is 0 Å². The van der Waals surface area contributed by atoms with Gasteiger partial charge in [-0.1, -0.05) is 84.4 Å². The molecule has 1 aliphatic heterocycles. The number of methoxy groups -OCH3 is 1. The van der Waals surface area contributed by atoms with E-state index >= 15 is 0 Å². The van der Waals surface area contributed by atoms with Crippen molar-refractivity contribution in [2.45, 2.75) is 13.0 Å². The number of hydrogen-bond acceptors (Lipinski definition) is 3. The quantitative estimate of drug-likeness (QED) is 0.200. The van der Waals surface area contributed by atoms with Gasteiger partial charge in [-0.05, 0) is 66.1 Å². The van der Waals surface area contributed by atoms with Crippen LogP contribution in [0.2, 0.25) is 5.02 Å². The standard InChI is InChI=1S/C36H34ClN3O2/c1-26-31(25-34(27-17-19-30(42-2)20-18-27)40(26)33-16-10-9-15-32(33)37)36(41)39-23-21-38(22-24-39)35(28-11-5-3-6-12-28)29-13-7-4-8-14-29/h3-20,25,35H,21-24H2,1-2H3. The number of ether oxygens (including phenoxy) is 1. The van der Waals surface area contributed by atoms with E-state index < -0.39 is 0 Å². The minimum Gasteiger partial charge on any atom is -0.497 e. The summed E-state index contributed by atoms with van der Waals surface area (Å²) in [6.45, 7) is 4.89. The van der Waals surface area contributed by atoms with Gasteiger partial charge >= 0.3 is 0 Å². The van der Waals surface area contributed by atoms with Gasteiger partial charge in [0.1, 0.15) is 5.75 Å². The number of para-hydroxylation sites is 1. The highest BCUT2D eigenvalue weighted by molar-refractivity contribution is 6.32. The molecule has 2 heterocycles. The molecule has 4 aromatic carbocycles. The second kappa shape index (κ2) is 12.3. The first kappa shape index (κ1) is 27.8. The average molecular weight is 576 g/mol. The van der Waals surface area contributed by atoms with E-state index in [4.69, 9.17) is 16.3 Å². The van der Waals surface area contributed by atoms with Gasteiger partial charge in [0.05, 0.1) is 35.1 Å². The van der Waals surface area contributed by atoms with Crippen LogP contribution in [0.1, 0.15) is 33.2 Å². The number of nitrogens with zero attached hydrogens (tertiary/aromatic N) is 3. The average Bonchev–Trinajstić information content (AvgIpc) is 3.39. The predicted molar refractivity (Wildman–Crippen MR) is 170 cm³/mol. The molecule has 212 valence electrons. The van der Waals surface area contributed by atoms with E-state index in [-0.39, 0.29) is 11.9 Å². The van der Waals surface area contributed by atoms with Gasteiger partial charge < -0.3 is 14.2 Å². The summed E-state index contributed by atoms with van der Waals surface area (Å²) in [5, 5.41) is 0.631. The Morgan fingerprint density at radius 3 is 1.90 bits per heavy atom. The summed E-state index contributed by atoms with van der Waals surface area (Å²) in [5.41, 5.74) is 6.83. The maximum atomic E-state index is 14.1. The first-order valence-corrected chi connectivity index (χ1v) is 14.7. The molecule has 0 atom stereocenters. The van der Waals surface area contributed by atoms with Crippen molar-refractivity contribution in [2.75, 3.05) is 33.3 Å². The lowest BCUT2D eigenvalue weighted by atomic mass is 9.96. The van der Waals surface area contributed by atoms with Crippen molar-refractivity contribution in [3.05, 3.63) is 143 Å². The fraction of sp³-hybridized carbons (Fsp3) is 0.194. The zero-order valence-electron chi connectivity index (χ0n) is 23.9. The maximum Gasteiger partial charge on any atom is 0.255 e. The van der Waals surface area contributed by atoms with E-state index in [1.165, 1.54) is 11.1 Å². The van der Waals surface area contributed by atoms with Crippen LogP contribution in [0.4, 0.5) is 0 Å². The number of piperazine rings is 1. The third-order valence-electron chi connectivity index (χ3n) is 8.15. The number of halogens is 1. The molecule has 5 nitrogen and oxygen atoms in total. The molecule has 1 fully saturated rings. The number of aromatic nitrogens is 1. The molecule has 0 aliphatic carbocycles. The lowest BCUT2D eigenvalue weighted by Crippen LogP contribution is -2.50. The highest BCUT2D eigenvalue weighted by atomic mass is 35.5. The van der Waals surface area contributed by atoms with E-state index in [0.717, 1.165) is 41.5 Å². The van der Waals surface area contributed by atoms with Gasteiger partial charge in [0.2, 0.25) is 0 Å². The Bertz CT molecular complexity index is 1620. The summed E-state index contributed by atoms with van der Waals surface area (Å²) >= 11 is 6.68. The monoisotopic (exact) mass is 575 g/mol. The molecule has 0 radical (unpaired) electrons. The number of carbonyl (C=O) groups excluding carboxylic acids is 1. The van der Waals surface area contributed by atoms with Crippen LogP contribution >= 0.6 is 11.6 Å². The SMILES string of the molecule is COc1ccc(-c2cc(C(=O)N3CCN(C(c4ccccc4)c4ccccc4)CC3)c(C)n2-c2ccccc2Cl)cc1. The van der Waals surface area contributed by atoms with Crippen molar-refractivity contribution in [1.29, 1.82) is 0 Å². The summed E-state index contributed by atoms with van der Waals surface area (Å²) in [7, 11) is 1.66. The topological polar surface area (TPSA) is 37.7 Å². The number of hydrogen-bond donors (Lipinski definition) is 0. The van der Waals surface area contributed by atoms with Gasteiger partial charge in [0.15, 0.2) is 0 Å². The minimum absolute atomic E-state index is 0.0451. The Kier molecular flexibility index (Phi) is 8.13. The molecule has 1 aliphatic rings. The lowest BCUT2D eigenvalue weighted by Gasteiger charge is -2.39. The fourth-order valence-electron chi connectivity index (χ4n) is 5.98. The van der Waals surface area contributed by atoms with E-state index in [2.05, 4.69) is 70.1 Å². The van der Waals surface area contributed by atoms with Crippen molar-refractivity contribution < 1.29 is 9.53 Å². The number of carbonyl (C=O) groups is 1. The van der Waals surface area contributed by atoms with E-state index in [9.17, 15) is 4.79 Å². The first-order chi connectivity index (χ1) is 20.5. The highest BCUT2D eigenvalue weighted by Crippen LogP contribution is 2.35. The van der Waals surface area contributed by atoms with Crippen LogP contribution in [0.15, 0.2) is 115 Å². The van der Waals surface area contributed by atoms with Crippen LogP contribution in [0, 0.1) is 6.92 Å². The van der Waals surface area contributed by atoms with Crippen LogP contribution in [0.3, 0.4) is 0 Å². The van der Waals surface area contributed by atoms with E-state index in [1.54, 1.807) is 7.11 Å². The summed E-state index contributed by atoms with van der Waals surface area (Å²) in [6, 6.07) is 39.1. The molecule has 1 amide bonds. The van der Waals surface area contributed by atoms with Gasteiger partial charge in [-0.3, -0.25) is 9.69 Å². The minimum atomic E-state index is 0.0451. The Morgan fingerprint density at radius 1 is 0.762 bits per heavy atom. The summed E-state index contributed by atoms with van der Waals surface area (Å²) in [4.78, 5) is 18.6. The lowest BCUT2D eigenvalue weighted by molar-refractivity contribution is 0.0596. The summed E-state index contributed by atoms with van der Waals surface area (Å²) in [6.07, 6.45) is 0. The summed E-state index contributed by atoms with van der Waals surface area (Å²) in [5.74, 6) is 0.827. The molecule has 1 saturated heterocycles. The molecule has 0 N–H and O–H groups in total. The van der Waals surface area contributed by atoms with E-state index in [0.29, 0.717) is 23.7 Å². The molecular formula is C36H34ClN3O2. The zero-order chi connectivity index (χ0) is 29.1. The van der Waals surface area contributed by atoms with Gasteiger partial charge in [0, 0.05) is 31.9 Å². The van der Waals surface area contributed by atoms with Crippen molar-refractivity contribution in [3.63, 3.8) is 0 Å². The maximum absolute atomic E-state index is 14.1. The van der Waals surface area contributed by atoms with Crippen molar-refractivity contribution in [1.82, 2.24) is 14.4 Å². The third kappa shape index (κ3) is 5.46. The largest absolute Gasteiger partial charge is 0.497 e. The van der Waals surface area contributed by atoms with Crippen molar-refractivity contribution in [3.8, 4) is 22.7 Å². The molecule has 0 unspecified atom stereocenters. The Balaban J connectivity index is 1.29. The normalized spacial score (nSPS) is 13.9. The molecule has 6 heteroatoms. The molecule has 1 aromatic heterocycles. The van der Waals surface area contributed by atoms with Gasteiger partial charge in [0.25, 0.3) is 5.91 Å².